The lowest BCUT2D eigenvalue weighted by Crippen LogP contribution is -2.10. The minimum Gasteiger partial charge on any atom is -0.497 e. The number of benzene rings is 2. The van der Waals surface area contributed by atoms with Crippen LogP contribution in [0, 0.1) is 0 Å². The first-order valence-corrected chi connectivity index (χ1v) is 9.63. The second kappa shape index (κ2) is 7.63. The van der Waals surface area contributed by atoms with Gasteiger partial charge in [-0.2, -0.15) is 18.3 Å². The van der Waals surface area contributed by atoms with E-state index in [1.807, 2.05) is 24.3 Å². The summed E-state index contributed by atoms with van der Waals surface area (Å²) < 4.78 is 46.6. The monoisotopic (exact) mass is 421 g/mol. The fourth-order valence-corrected chi connectivity index (χ4v) is 3.73. The topological polar surface area (TPSA) is 39.1 Å². The fourth-order valence-electron chi connectivity index (χ4n) is 3.53. The Morgan fingerprint density at radius 2 is 1.97 bits per heavy atom. The first-order chi connectivity index (χ1) is 13.9. The molecule has 8 heteroatoms. The van der Waals surface area contributed by atoms with Gasteiger partial charge in [0.05, 0.1) is 29.1 Å². The molecule has 2 heterocycles. The molecule has 0 unspecified atom stereocenters. The van der Waals surface area contributed by atoms with E-state index in [-0.39, 0.29) is 10.7 Å². The molecule has 4 nitrogen and oxygen atoms in total. The minimum absolute atomic E-state index is 0.196. The summed E-state index contributed by atoms with van der Waals surface area (Å²) >= 11 is 6.29. The van der Waals surface area contributed by atoms with E-state index in [2.05, 4.69) is 10.4 Å². The summed E-state index contributed by atoms with van der Waals surface area (Å²) in [6.45, 7) is 0.715. The maximum Gasteiger partial charge on any atom is 0.416 e. The molecule has 3 aromatic rings. The maximum absolute atomic E-state index is 13.3. The molecule has 0 saturated carbocycles. The third kappa shape index (κ3) is 3.79. The molecule has 0 radical (unpaired) electrons. The quantitative estimate of drug-likeness (QED) is 0.566. The number of hydrogen-bond acceptors (Lipinski definition) is 3. The highest BCUT2D eigenvalue weighted by Gasteiger charge is 2.32. The third-order valence-electron chi connectivity index (χ3n) is 4.97. The smallest absolute Gasteiger partial charge is 0.416 e. The lowest BCUT2D eigenvalue weighted by atomic mass is 10.0. The Bertz CT molecular complexity index is 1050. The van der Waals surface area contributed by atoms with Crippen molar-refractivity contribution in [1.29, 1.82) is 0 Å². The van der Waals surface area contributed by atoms with Crippen molar-refractivity contribution in [1.82, 2.24) is 9.78 Å². The van der Waals surface area contributed by atoms with Crippen molar-refractivity contribution < 1.29 is 17.9 Å². The van der Waals surface area contributed by atoms with Gasteiger partial charge in [-0.05, 0) is 49.6 Å². The summed E-state index contributed by atoms with van der Waals surface area (Å²) in [6.07, 6.45) is -1.78. The number of ether oxygens (including phenoxy) is 1. The van der Waals surface area contributed by atoms with Crippen molar-refractivity contribution >= 4 is 17.4 Å². The highest BCUT2D eigenvalue weighted by Crippen LogP contribution is 2.38. The van der Waals surface area contributed by atoms with Crippen LogP contribution in [0.3, 0.4) is 0 Å². The summed E-state index contributed by atoms with van der Waals surface area (Å²) in [5.41, 5.74) is 1.94. The van der Waals surface area contributed by atoms with E-state index in [4.69, 9.17) is 16.3 Å². The lowest BCUT2D eigenvalue weighted by molar-refractivity contribution is -0.137. The van der Waals surface area contributed by atoms with Gasteiger partial charge >= 0.3 is 6.18 Å². The number of nitrogens with one attached hydrogen (secondary N) is 1. The molecular formula is C21H19ClF3N3O. The van der Waals surface area contributed by atoms with Crippen LogP contribution in [0.4, 0.5) is 19.0 Å². The second-order valence-electron chi connectivity index (χ2n) is 6.87. The Morgan fingerprint density at radius 3 is 2.72 bits per heavy atom. The Kier molecular flexibility index (Phi) is 5.17. The number of hydrogen-bond donors (Lipinski definition) is 1. The van der Waals surface area contributed by atoms with Crippen LogP contribution in [0.5, 0.6) is 5.75 Å². The van der Waals surface area contributed by atoms with Crippen molar-refractivity contribution in [2.45, 2.75) is 25.4 Å². The Hall–Kier alpha value is -2.67. The van der Waals surface area contributed by atoms with Crippen LogP contribution in [0.15, 0.2) is 42.5 Å². The molecule has 0 aliphatic carbocycles. The van der Waals surface area contributed by atoms with Gasteiger partial charge in [-0.25, -0.2) is 4.68 Å². The largest absolute Gasteiger partial charge is 0.497 e. The van der Waals surface area contributed by atoms with Crippen LogP contribution < -0.4 is 10.1 Å². The zero-order valence-corrected chi connectivity index (χ0v) is 16.4. The zero-order valence-electron chi connectivity index (χ0n) is 15.7. The minimum atomic E-state index is -4.47. The van der Waals surface area contributed by atoms with Crippen LogP contribution in [-0.4, -0.2) is 23.4 Å². The molecule has 1 N–H and O–H groups in total. The molecule has 0 spiro atoms. The van der Waals surface area contributed by atoms with Gasteiger partial charge in [-0.15, -0.1) is 0 Å². The molecule has 1 aromatic heterocycles. The molecule has 152 valence electrons. The summed E-state index contributed by atoms with van der Waals surface area (Å²) in [5.74, 6) is 1.37. The summed E-state index contributed by atoms with van der Waals surface area (Å²) in [5, 5.41) is 8.21. The van der Waals surface area contributed by atoms with Gasteiger partial charge in [0.25, 0.3) is 0 Å². The predicted molar refractivity (Wildman–Crippen MR) is 107 cm³/mol. The van der Waals surface area contributed by atoms with Crippen molar-refractivity contribution in [2.24, 2.45) is 0 Å². The van der Waals surface area contributed by atoms with Crippen molar-refractivity contribution in [3.8, 4) is 22.7 Å². The van der Waals surface area contributed by atoms with Crippen LogP contribution in [-0.2, 0) is 12.6 Å². The van der Waals surface area contributed by atoms with E-state index in [0.29, 0.717) is 23.8 Å². The van der Waals surface area contributed by atoms with Gasteiger partial charge in [0.2, 0.25) is 0 Å². The Balaban J connectivity index is 1.92. The second-order valence-corrected chi connectivity index (χ2v) is 7.27. The van der Waals surface area contributed by atoms with Gasteiger partial charge in [0.1, 0.15) is 11.6 Å². The fraction of sp³-hybridized carbons (Fsp3) is 0.286. The molecule has 2 aromatic carbocycles. The molecule has 1 aliphatic heterocycles. The molecule has 0 saturated heterocycles. The molecule has 4 rings (SSSR count). The van der Waals surface area contributed by atoms with E-state index in [9.17, 15) is 13.2 Å². The van der Waals surface area contributed by atoms with Crippen molar-refractivity contribution in [3.63, 3.8) is 0 Å². The normalized spacial score (nSPS) is 14.1. The summed E-state index contributed by atoms with van der Waals surface area (Å²) in [7, 11) is 1.59. The number of rotatable bonds is 3. The molecule has 0 bridgehead atoms. The third-order valence-corrected chi connectivity index (χ3v) is 5.29. The maximum atomic E-state index is 13.3. The zero-order chi connectivity index (χ0) is 20.6. The van der Waals surface area contributed by atoms with Gasteiger partial charge in [-0.3, -0.25) is 0 Å². The van der Waals surface area contributed by atoms with E-state index in [1.165, 1.54) is 10.7 Å². The molecular weight excluding hydrogens is 403 g/mol. The molecule has 0 atom stereocenters. The molecule has 0 fully saturated rings. The van der Waals surface area contributed by atoms with Crippen LogP contribution in [0.25, 0.3) is 16.9 Å². The SMILES string of the molecule is COc1cccc(-c2nn(-c3cc(C(F)(F)F)ccc3Cl)c3c2CCCCN3)c1. The number of nitrogens with zero attached hydrogens (tertiary/aromatic N) is 2. The standard InChI is InChI=1S/C21H19ClF3N3O/c1-29-15-6-4-5-13(11-15)19-16-7-2-3-10-26-20(16)28(27-19)18-12-14(21(23,24)25)8-9-17(18)22/h4-6,8-9,11-12,26H,2-3,7,10H2,1H3. The summed E-state index contributed by atoms with van der Waals surface area (Å²) in [6, 6.07) is 10.7. The molecule has 29 heavy (non-hydrogen) atoms. The number of fused-ring (bicyclic) bond motifs is 1. The van der Waals surface area contributed by atoms with E-state index >= 15 is 0 Å². The van der Waals surface area contributed by atoms with E-state index < -0.39 is 11.7 Å². The van der Waals surface area contributed by atoms with Crippen LogP contribution in [0.1, 0.15) is 24.0 Å². The highest BCUT2D eigenvalue weighted by atomic mass is 35.5. The van der Waals surface area contributed by atoms with Gasteiger partial charge < -0.3 is 10.1 Å². The van der Waals surface area contributed by atoms with E-state index in [1.54, 1.807) is 7.11 Å². The first-order valence-electron chi connectivity index (χ1n) is 9.26. The number of halogens is 4. The Labute approximate surface area is 171 Å². The molecule has 0 amide bonds. The van der Waals surface area contributed by atoms with Gasteiger partial charge in [0.15, 0.2) is 0 Å². The van der Waals surface area contributed by atoms with Crippen molar-refractivity contribution in [3.05, 3.63) is 58.6 Å². The van der Waals surface area contributed by atoms with Crippen molar-refractivity contribution in [2.75, 3.05) is 19.0 Å². The number of anilines is 1. The Morgan fingerprint density at radius 1 is 1.14 bits per heavy atom. The predicted octanol–water partition coefficient (Wildman–Crippen LogP) is 5.97. The molecule has 1 aliphatic rings. The van der Waals surface area contributed by atoms with Crippen LogP contribution >= 0.6 is 11.6 Å². The average Bonchev–Trinajstić information content (AvgIpc) is 2.88. The van der Waals surface area contributed by atoms with Gasteiger partial charge in [-0.1, -0.05) is 23.7 Å². The first kappa shape index (κ1) is 19.6. The van der Waals surface area contributed by atoms with Gasteiger partial charge in [0, 0.05) is 17.7 Å². The highest BCUT2D eigenvalue weighted by molar-refractivity contribution is 6.32. The lowest BCUT2D eigenvalue weighted by Gasteiger charge is -2.13. The summed E-state index contributed by atoms with van der Waals surface area (Å²) in [4.78, 5) is 0. The average molecular weight is 422 g/mol. The van der Waals surface area contributed by atoms with Crippen LogP contribution in [0.2, 0.25) is 5.02 Å². The number of aromatic nitrogens is 2. The number of methoxy groups -OCH3 is 1. The van der Waals surface area contributed by atoms with E-state index in [0.717, 1.165) is 42.5 Å². The number of alkyl halides is 3.